The monoisotopic (exact) mass is 332 g/mol. The van der Waals surface area contributed by atoms with Gasteiger partial charge in [0.2, 0.25) is 0 Å². The highest BCUT2D eigenvalue weighted by Crippen LogP contribution is 2.24. The molecular weight excluding hydrogens is 312 g/mol. The van der Waals surface area contributed by atoms with Crippen LogP contribution in [-0.2, 0) is 42.9 Å². The van der Waals surface area contributed by atoms with Crippen LogP contribution < -0.4 is 0 Å². The molecule has 1 fully saturated rings. The van der Waals surface area contributed by atoms with Crippen molar-refractivity contribution in [2.75, 3.05) is 13.2 Å². The SMILES string of the molecule is CC(=O)OC[C@H]1OC[C@H](OC(C)=O)[C@H](OC(C)=O)[C@@H]1OC(C)=O. The molecule has 9 nitrogen and oxygen atoms in total. The van der Waals surface area contributed by atoms with Crippen molar-refractivity contribution in [1.29, 1.82) is 0 Å². The van der Waals surface area contributed by atoms with E-state index in [0.29, 0.717) is 0 Å². The second-order valence-corrected chi connectivity index (χ2v) is 4.97. The Morgan fingerprint density at radius 3 is 1.83 bits per heavy atom. The number of hydrogen-bond donors (Lipinski definition) is 0. The molecule has 4 atom stereocenters. The lowest BCUT2D eigenvalue weighted by molar-refractivity contribution is -0.231. The summed E-state index contributed by atoms with van der Waals surface area (Å²) in [7, 11) is 0. The predicted molar refractivity (Wildman–Crippen MR) is 73.0 cm³/mol. The molecule has 0 unspecified atom stereocenters. The third-order valence-electron chi connectivity index (χ3n) is 2.90. The van der Waals surface area contributed by atoms with Crippen LogP contribution in [0, 0.1) is 0 Å². The molecule has 1 saturated heterocycles. The third kappa shape index (κ3) is 6.23. The maximum Gasteiger partial charge on any atom is 0.303 e. The molecule has 23 heavy (non-hydrogen) atoms. The van der Waals surface area contributed by atoms with Crippen LogP contribution in [0.5, 0.6) is 0 Å². The number of hydrogen-bond acceptors (Lipinski definition) is 9. The minimum atomic E-state index is -1.08. The summed E-state index contributed by atoms with van der Waals surface area (Å²) >= 11 is 0. The Morgan fingerprint density at radius 1 is 0.826 bits per heavy atom. The van der Waals surface area contributed by atoms with E-state index in [-0.39, 0.29) is 13.2 Å². The Balaban J connectivity index is 2.98. The van der Waals surface area contributed by atoms with E-state index in [1.807, 2.05) is 0 Å². The Morgan fingerprint density at radius 2 is 1.35 bits per heavy atom. The normalized spacial score (nSPS) is 26.8. The first-order valence-corrected chi connectivity index (χ1v) is 6.97. The predicted octanol–water partition coefficient (Wildman–Crippen LogP) is -0.257. The maximum atomic E-state index is 11.3. The Kier molecular flexibility index (Phi) is 6.95. The van der Waals surface area contributed by atoms with Crippen molar-refractivity contribution in [3.05, 3.63) is 0 Å². The molecule has 9 heteroatoms. The molecule has 0 amide bonds. The molecule has 1 rings (SSSR count). The minimum absolute atomic E-state index is 0.0960. The summed E-state index contributed by atoms with van der Waals surface area (Å²) in [5, 5.41) is 0. The number of ether oxygens (including phenoxy) is 5. The second kappa shape index (κ2) is 8.47. The molecule has 0 aliphatic carbocycles. The van der Waals surface area contributed by atoms with E-state index < -0.39 is 48.3 Å². The van der Waals surface area contributed by atoms with Gasteiger partial charge in [-0.15, -0.1) is 0 Å². The van der Waals surface area contributed by atoms with Crippen LogP contribution in [0.2, 0.25) is 0 Å². The maximum absolute atomic E-state index is 11.3. The smallest absolute Gasteiger partial charge is 0.303 e. The van der Waals surface area contributed by atoms with Crippen molar-refractivity contribution in [2.45, 2.75) is 52.1 Å². The molecule has 1 heterocycles. The largest absolute Gasteiger partial charge is 0.463 e. The molecule has 0 spiro atoms. The molecule has 130 valence electrons. The van der Waals surface area contributed by atoms with Crippen molar-refractivity contribution < 1.29 is 42.9 Å². The number of carbonyl (C=O) groups is 4. The van der Waals surface area contributed by atoms with Gasteiger partial charge in [-0.3, -0.25) is 19.2 Å². The Labute approximate surface area is 133 Å². The standard InChI is InChI=1S/C14H20O9/c1-7(15)19-5-11-13(22-9(3)17)14(23-10(4)18)12(6-20-11)21-8(2)16/h11-14H,5-6H2,1-4H3/t11-,12+,13-,14+/m1/s1. The first-order chi connectivity index (χ1) is 10.7. The van der Waals surface area contributed by atoms with Crippen molar-refractivity contribution in [2.24, 2.45) is 0 Å². The fourth-order valence-electron chi connectivity index (χ4n) is 2.16. The zero-order valence-corrected chi connectivity index (χ0v) is 13.4. The van der Waals surface area contributed by atoms with E-state index >= 15 is 0 Å². The van der Waals surface area contributed by atoms with Gasteiger partial charge in [0.05, 0.1) is 6.61 Å². The van der Waals surface area contributed by atoms with E-state index in [9.17, 15) is 19.2 Å². The lowest BCUT2D eigenvalue weighted by Crippen LogP contribution is -2.58. The van der Waals surface area contributed by atoms with Gasteiger partial charge in [0, 0.05) is 27.7 Å². The van der Waals surface area contributed by atoms with Crippen molar-refractivity contribution in [3.63, 3.8) is 0 Å². The molecule has 0 aromatic carbocycles. The van der Waals surface area contributed by atoms with Crippen LogP contribution in [0.25, 0.3) is 0 Å². The van der Waals surface area contributed by atoms with Crippen LogP contribution in [-0.4, -0.2) is 61.5 Å². The average molecular weight is 332 g/mol. The van der Waals surface area contributed by atoms with Crippen LogP contribution in [0.1, 0.15) is 27.7 Å². The summed E-state index contributed by atoms with van der Waals surface area (Å²) < 4.78 is 25.6. The molecule has 1 aliphatic heterocycles. The summed E-state index contributed by atoms with van der Waals surface area (Å²) in [5.41, 5.74) is 0. The summed E-state index contributed by atoms with van der Waals surface area (Å²) in [6.45, 7) is 4.46. The van der Waals surface area contributed by atoms with Gasteiger partial charge in [0.15, 0.2) is 18.3 Å². The van der Waals surface area contributed by atoms with Crippen LogP contribution in [0.15, 0.2) is 0 Å². The third-order valence-corrected chi connectivity index (χ3v) is 2.90. The minimum Gasteiger partial charge on any atom is -0.463 e. The van der Waals surface area contributed by atoms with E-state index in [0.717, 1.165) is 0 Å². The van der Waals surface area contributed by atoms with Crippen LogP contribution >= 0.6 is 0 Å². The first kappa shape index (κ1) is 18.9. The highest BCUT2D eigenvalue weighted by molar-refractivity contribution is 5.68. The second-order valence-electron chi connectivity index (χ2n) is 4.97. The number of rotatable bonds is 5. The van der Waals surface area contributed by atoms with Crippen molar-refractivity contribution in [3.8, 4) is 0 Å². The highest BCUT2D eigenvalue weighted by Gasteiger charge is 2.47. The quantitative estimate of drug-likeness (QED) is 0.496. The molecular formula is C14H20O9. The zero-order valence-electron chi connectivity index (χ0n) is 13.4. The number of carbonyl (C=O) groups excluding carboxylic acids is 4. The van der Waals surface area contributed by atoms with Crippen molar-refractivity contribution >= 4 is 23.9 Å². The molecule has 0 radical (unpaired) electrons. The van der Waals surface area contributed by atoms with E-state index in [2.05, 4.69) is 0 Å². The van der Waals surface area contributed by atoms with Gasteiger partial charge < -0.3 is 23.7 Å². The molecule has 0 bridgehead atoms. The van der Waals surface area contributed by atoms with E-state index in [1.165, 1.54) is 27.7 Å². The number of esters is 4. The van der Waals surface area contributed by atoms with Gasteiger partial charge >= 0.3 is 23.9 Å². The van der Waals surface area contributed by atoms with Gasteiger partial charge in [-0.1, -0.05) is 0 Å². The summed E-state index contributed by atoms with van der Waals surface area (Å²) in [4.78, 5) is 44.8. The van der Waals surface area contributed by atoms with Gasteiger partial charge in [0.1, 0.15) is 12.7 Å². The fraction of sp³-hybridized carbons (Fsp3) is 0.714. The van der Waals surface area contributed by atoms with Gasteiger partial charge in [-0.2, -0.15) is 0 Å². The topological polar surface area (TPSA) is 114 Å². The lowest BCUT2D eigenvalue weighted by atomic mass is 9.99. The highest BCUT2D eigenvalue weighted by atomic mass is 16.7. The molecule has 0 aromatic rings. The summed E-state index contributed by atoms with van der Waals surface area (Å²) in [5.74, 6) is -2.43. The molecule has 0 saturated carbocycles. The Hall–Kier alpha value is -2.16. The van der Waals surface area contributed by atoms with Gasteiger partial charge in [-0.25, -0.2) is 0 Å². The van der Waals surface area contributed by atoms with E-state index in [4.69, 9.17) is 23.7 Å². The fourth-order valence-corrected chi connectivity index (χ4v) is 2.16. The van der Waals surface area contributed by atoms with Gasteiger partial charge in [0.25, 0.3) is 0 Å². The summed E-state index contributed by atoms with van der Waals surface area (Å²) in [6.07, 6.45) is -3.92. The lowest BCUT2D eigenvalue weighted by Gasteiger charge is -2.40. The van der Waals surface area contributed by atoms with Gasteiger partial charge in [-0.05, 0) is 0 Å². The first-order valence-electron chi connectivity index (χ1n) is 6.97. The van der Waals surface area contributed by atoms with Crippen LogP contribution in [0.4, 0.5) is 0 Å². The molecule has 0 aromatic heterocycles. The average Bonchev–Trinajstić information content (AvgIpc) is 2.39. The molecule has 1 aliphatic rings. The molecule has 0 N–H and O–H groups in total. The van der Waals surface area contributed by atoms with Crippen LogP contribution in [0.3, 0.4) is 0 Å². The summed E-state index contributed by atoms with van der Waals surface area (Å²) in [6, 6.07) is 0. The Bertz CT molecular complexity index is 473. The zero-order chi connectivity index (χ0) is 17.6. The van der Waals surface area contributed by atoms with E-state index in [1.54, 1.807) is 0 Å². The van der Waals surface area contributed by atoms with Crippen molar-refractivity contribution in [1.82, 2.24) is 0 Å².